The summed E-state index contributed by atoms with van der Waals surface area (Å²) in [5.74, 6) is 0.670. The van der Waals surface area contributed by atoms with E-state index in [2.05, 4.69) is 19.1 Å². The Morgan fingerprint density at radius 1 is 1.11 bits per heavy atom. The lowest BCUT2D eigenvalue weighted by Gasteiger charge is -2.09. The molecule has 0 saturated carbocycles. The fourth-order valence-electron chi connectivity index (χ4n) is 2.71. The maximum Gasteiger partial charge on any atom is 0.336 e. The van der Waals surface area contributed by atoms with E-state index >= 15 is 0 Å². The van der Waals surface area contributed by atoms with Crippen LogP contribution >= 0.6 is 0 Å². The van der Waals surface area contributed by atoms with Crippen LogP contribution in [-0.4, -0.2) is 17.8 Å². The predicted molar refractivity (Wildman–Crippen MR) is 115 cm³/mol. The molecule has 0 radical (unpaired) electrons. The molecule has 1 aromatic carbocycles. The average Bonchev–Trinajstić information content (AvgIpc) is 2.65. The molecule has 28 heavy (non-hydrogen) atoms. The number of rotatable bonds is 9. The van der Waals surface area contributed by atoms with Gasteiger partial charge in [-0.25, -0.2) is 4.79 Å². The minimum absolute atomic E-state index is 0.366. The van der Waals surface area contributed by atoms with Crippen molar-refractivity contribution in [2.24, 2.45) is 0 Å². The van der Waals surface area contributed by atoms with Crippen LogP contribution in [0.25, 0.3) is 11.0 Å². The zero-order chi connectivity index (χ0) is 20.5. The SMILES string of the molecule is CC(C)=CC[C@@H](O)C(C)=CCCC(C)=CCOc1ccc2ccc(=O)oc2c1. The maximum atomic E-state index is 11.3. The van der Waals surface area contributed by atoms with Crippen LogP contribution in [0, 0.1) is 0 Å². The number of benzene rings is 1. The van der Waals surface area contributed by atoms with E-state index in [-0.39, 0.29) is 5.63 Å². The number of allylic oxidation sites excluding steroid dienone is 3. The van der Waals surface area contributed by atoms with Gasteiger partial charge in [-0.3, -0.25) is 0 Å². The Labute approximate surface area is 166 Å². The summed E-state index contributed by atoms with van der Waals surface area (Å²) < 4.78 is 10.9. The summed E-state index contributed by atoms with van der Waals surface area (Å²) in [7, 11) is 0. The van der Waals surface area contributed by atoms with Gasteiger partial charge in [-0.2, -0.15) is 0 Å². The van der Waals surface area contributed by atoms with E-state index in [1.165, 1.54) is 17.2 Å². The average molecular weight is 383 g/mol. The maximum absolute atomic E-state index is 11.3. The fraction of sp³-hybridized carbons (Fsp3) is 0.375. The third kappa shape index (κ3) is 7.20. The first kappa shape index (κ1) is 21.7. The van der Waals surface area contributed by atoms with E-state index in [0.717, 1.165) is 23.8 Å². The summed E-state index contributed by atoms with van der Waals surface area (Å²) in [6, 6.07) is 8.62. The van der Waals surface area contributed by atoms with E-state index in [1.54, 1.807) is 12.1 Å². The molecule has 0 spiro atoms. The van der Waals surface area contributed by atoms with E-state index in [4.69, 9.17) is 9.15 Å². The van der Waals surface area contributed by atoms with Gasteiger partial charge in [0.05, 0.1) is 6.10 Å². The summed E-state index contributed by atoms with van der Waals surface area (Å²) in [6.45, 7) is 8.58. The molecule has 2 rings (SSSR count). The Bertz CT molecular complexity index is 927. The second-order valence-electron chi connectivity index (χ2n) is 7.34. The van der Waals surface area contributed by atoms with Gasteiger partial charge < -0.3 is 14.3 Å². The van der Waals surface area contributed by atoms with Gasteiger partial charge in [-0.1, -0.05) is 23.3 Å². The number of hydrogen-bond donors (Lipinski definition) is 1. The second kappa shape index (κ2) is 10.7. The van der Waals surface area contributed by atoms with Crippen LogP contribution in [-0.2, 0) is 0 Å². The number of aliphatic hydroxyl groups excluding tert-OH is 1. The first-order chi connectivity index (χ1) is 13.3. The third-order valence-corrected chi connectivity index (χ3v) is 4.56. The Hall–Kier alpha value is -2.59. The summed E-state index contributed by atoms with van der Waals surface area (Å²) in [5, 5.41) is 11.0. The standard InChI is InChI=1S/C24H30O4/c1-17(2)8-12-22(25)19(4)7-5-6-18(3)14-15-27-21-11-9-20-10-13-24(26)28-23(20)16-21/h7-11,13-14,16,22,25H,5-6,12,15H2,1-4H3/t22-/m1/s1. The molecular weight excluding hydrogens is 352 g/mol. The Morgan fingerprint density at radius 3 is 2.61 bits per heavy atom. The normalized spacial score (nSPS) is 13.5. The lowest BCUT2D eigenvalue weighted by atomic mass is 10.0. The molecule has 1 aromatic heterocycles. The van der Waals surface area contributed by atoms with Crippen LogP contribution in [0.3, 0.4) is 0 Å². The second-order valence-corrected chi connectivity index (χ2v) is 7.34. The van der Waals surface area contributed by atoms with Crippen molar-refractivity contribution in [3.05, 3.63) is 75.7 Å². The minimum Gasteiger partial charge on any atom is -0.489 e. The van der Waals surface area contributed by atoms with Crippen molar-refractivity contribution in [3.8, 4) is 5.75 Å². The molecule has 0 aliphatic rings. The van der Waals surface area contributed by atoms with Crippen LogP contribution in [0.1, 0.15) is 47.0 Å². The summed E-state index contributed by atoms with van der Waals surface area (Å²) >= 11 is 0. The zero-order valence-corrected chi connectivity index (χ0v) is 17.2. The van der Waals surface area contributed by atoms with Gasteiger partial charge >= 0.3 is 5.63 Å². The van der Waals surface area contributed by atoms with Crippen LogP contribution in [0.2, 0.25) is 0 Å². The molecule has 0 bridgehead atoms. The van der Waals surface area contributed by atoms with Crippen LogP contribution < -0.4 is 10.4 Å². The lowest BCUT2D eigenvalue weighted by molar-refractivity contribution is 0.213. The molecule has 1 heterocycles. The van der Waals surface area contributed by atoms with Crippen molar-refractivity contribution in [2.45, 2.75) is 53.1 Å². The molecule has 0 aliphatic heterocycles. The molecule has 150 valence electrons. The Morgan fingerprint density at radius 2 is 1.86 bits per heavy atom. The van der Waals surface area contributed by atoms with Gasteiger partial charge in [0, 0.05) is 17.5 Å². The van der Waals surface area contributed by atoms with Crippen LogP contribution in [0.5, 0.6) is 5.75 Å². The summed E-state index contributed by atoms with van der Waals surface area (Å²) in [6.07, 6.45) is 8.28. The zero-order valence-electron chi connectivity index (χ0n) is 17.2. The molecule has 0 fully saturated rings. The minimum atomic E-state index is -0.407. The van der Waals surface area contributed by atoms with E-state index in [0.29, 0.717) is 24.4 Å². The Balaban J connectivity index is 1.82. The quantitative estimate of drug-likeness (QED) is 0.455. The first-order valence-electron chi connectivity index (χ1n) is 9.65. The van der Waals surface area contributed by atoms with Gasteiger partial charge in [-0.15, -0.1) is 0 Å². The van der Waals surface area contributed by atoms with Crippen molar-refractivity contribution in [1.29, 1.82) is 0 Å². The molecule has 0 aliphatic carbocycles. The third-order valence-electron chi connectivity index (χ3n) is 4.56. The van der Waals surface area contributed by atoms with Crippen molar-refractivity contribution in [2.75, 3.05) is 6.61 Å². The highest BCUT2D eigenvalue weighted by atomic mass is 16.5. The van der Waals surface area contributed by atoms with E-state index in [9.17, 15) is 9.90 Å². The fourth-order valence-corrected chi connectivity index (χ4v) is 2.71. The number of fused-ring (bicyclic) bond motifs is 1. The van der Waals surface area contributed by atoms with Gasteiger partial charge in [0.2, 0.25) is 0 Å². The topological polar surface area (TPSA) is 59.7 Å². The van der Waals surface area contributed by atoms with E-state index in [1.807, 2.05) is 39.0 Å². The molecule has 0 amide bonds. The molecule has 4 heteroatoms. The molecule has 1 N–H and O–H groups in total. The van der Waals surface area contributed by atoms with Crippen LogP contribution in [0.15, 0.2) is 74.5 Å². The molecule has 2 aromatic rings. The monoisotopic (exact) mass is 382 g/mol. The smallest absolute Gasteiger partial charge is 0.336 e. The van der Waals surface area contributed by atoms with Gasteiger partial charge in [-0.05, 0) is 76.8 Å². The first-order valence-corrected chi connectivity index (χ1v) is 9.65. The lowest BCUT2D eigenvalue weighted by Crippen LogP contribution is -2.06. The highest BCUT2D eigenvalue weighted by molar-refractivity contribution is 5.77. The Kier molecular flexibility index (Phi) is 8.27. The van der Waals surface area contributed by atoms with E-state index < -0.39 is 6.10 Å². The highest BCUT2D eigenvalue weighted by Gasteiger charge is 2.04. The van der Waals surface area contributed by atoms with Crippen molar-refractivity contribution < 1.29 is 14.3 Å². The summed E-state index contributed by atoms with van der Waals surface area (Å²) in [4.78, 5) is 11.3. The largest absolute Gasteiger partial charge is 0.489 e. The highest BCUT2D eigenvalue weighted by Crippen LogP contribution is 2.19. The number of aliphatic hydroxyl groups is 1. The van der Waals surface area contributed by atoms with Crippen molar-refractivity contribution >= 4 is 11.0 Å². The molecule has 0 saturated heterocycles. The van der Waals surface area contributed by atoms with Crippen LogP contribution in [0.4, 0.5) is 0 Å². The molecule has 0 unspecified atom stereocenters. The number of hydrogen-bond acceptors (Lipinski definition) is 4. The molecule has 1 atom stereocenters. The number of ether oxygens (including phenoxy) is 1. The van der Waals surface area contributed by atoms with Gasteiger partial charge in [0.15, 0.2) is 0 Å². The summed E-state index contributed by atoms with van der Waals surface area (Å²) in [5.41, 5.74) is 3.63. The van der Waals surface area contributed by atoms with Crippen molar-refractivity contribution in [1.82, 2.24) is 0 Å². The van der Waals surface area contributed by atoms with Crippen molar-refractivity contribution in [3.63, 3.8) is 0 Å². The van der Waals surface area contributed by atoms with Gasteiger partial charge in [0.1, 0.15) is 17.9 Å². The molecule has 4 nitrogen and oxygen atoms in total. The van der Waals surface area contributed by atoms with Gasteiger partial charge in [0.25, 0.3) is 0 Å². The predicted octanol–water partition coefficient (Wildman–Crippen LogP) is 5.56. The molecular formula is C24H30O4.